The molecule has 3 N–H and O–H groups in total. The molecule has 2 aromatic carbocycles. The maximum absolute atomic E-state index is 13.6. The third-order valence-electron chi connectivity index (χ3n) is 7.48. The number of halogens is 3. The second-order valence-corrected chi connectivity index (χ2v) is 11.0. The molecule has 1 saturated carbocycles. The van der Waals surface area contributed by atoms with Crippen LogP contribution < -0.4 is 16.0 Å². The number of benzene rings is 2. The number of nitrogens with one attached hydrogen (secondary N) is 3. The summed E-state index contributed by atoms with van der Waals surface area (Å²) in [5.74, 6) is 0.0474. The number of fused-ring (bicyclic) bond motifs is 1. The minimum atomic E-state index is -0.900. The number of hydrogen-bond donors (Lipinski definition) is 3. The fourth-order valence-corrected chi connectivity index (χ4v) is 5.32. The SMILES string of the molecule is O=C(NCC1CC1)c1ccc(-c2nc3cnc(NCc4ccc(F)c(F)c4)nc3n2C[C@@H]2CCCNC2)c(Cl)c1. The van der Waals surface area contributed by atoms with Crippen molar-refractivity contribution in [3.8, 4) is 11.4 Å². The average Bonchev–Trinajstić information content (AvgIpc) is 3.74. The molecule has 0 unspecified atom stereocenters. The first kappa shape index (κ1) is 26.6. The molecular weight excluding hydrogens is 536 g/mol. The minimum absolute atomic E-state index is 0.134. The van der Waals surface area contributed by atoms with E-state index in [2.05, 4.69) is 25.5 Å². The van der Waals surface area contributed by atoms with Crippen LogP contribution >= 0.6 is 11.6 Å². The fraction of sp³-hybridized carbons (Fsp3) is 0.379. The van der Waals surface area contributed by atoms with Gasteiger partial charge in [-0.3, -0.25) is 4.79 Å². The van der Waals surface area contributed by atoms with Crippen LogP contribution in [-0.4, -0.2) is 45.1 Å². The molecule has 6 rings (SSSR count). The van der Waals surface area contributed by atoms with Crippen LogP contribution in [0.1, 0.15) is 41.6 Å². The van der Waals surface area contributed by atoms with Crippen molar-refractivity contribution in [3.05, 3.63) is 70.4 Å². The van der Waals surface area contributed by atoms with Gasteiger partial charge in [0.15, 0.2) is 17.3 Å². The van der Waals surface area contributed by atoms with Gasteiger partial charge in [-0.1, -0.05) is 17.7 Å². The number of aromatic nitrogens is 4. The predicted octanol–water partition coefficient (Wildman–Crippen LogP) is 5.18. The third kappa shape index (κ3) is 5.93. The number of nitrogens with zero attached hydrogens (tertiary/aromatic N) is 4. The predicted molar refractivity (Wildman–Crippen MR) is 150 cm³/mol. The van der Waals surface area contributed by atoms with Crippen molar-refractivity contribution in [2.75, 3.05) is 25.0 Å². The second kappa shape index (κ2) is 11.5. The summed E-state index contributed by atoms with van der Waals surface area (Å²) in [6.45, 7) is 3.49. The van der Waals surface area contributed by atoms with E-state index in [1.807, 2.05) is 6.07 Å². The highest BCUT2D eigenvalue weighted by atomic mass is 35.5. The van der Waals surface area contributed by atoms with Gasteiger partial charge in [0.25, 0.3) is 5.91 Å². The Kier molecular flexibility index (Phi) is 7.62. The first-order valence-corrected chi connectivity index (χ1v) is 14.0. The van der Waals surface area contributed by atoms with E-state index < -0.39 is 11.6 Å². The van der Waals surface area contributed by atoms with Gasteiger partial charge in [-0.05, 0) is 86.5 Å². The molecule has 1 aliphatic carbocycles. The van der Waals surface area contributed by atoms with Crippen LogP contribution in [0, 0.1) is 23.5 Å². The Morgan fingerprint density at radius 3 is 2.70 bits per heavy atom. The Hall–Kier alpha value is -3.63. The molecule has 0 bridgehead atoms. The maximum atomic E-state index is 13.6. The van der Waals surface area contributed by atoms with E-state index in [4.69, 9.17) is 21.6 Å². The van der Waals surface area contributed by atoms with Crippen molar-refractivity contribution < 1.29 is 13.6 Å². The second-order valence-electron chi connectivity index (χ2n) is 10.6. The van der Waals surface area contributed by atoms with Gasteiger partial charge in [0.1, 0.15) is 11.3 Å². The van der Waals surface area contributed by atoms with Crippen molar-refractivity contribution in [3.63, 3.8) is 0 Å². The Bertz CT molecular complexity index is 1550. The number of amides is 1. The normalized spacial score (nSPS) is 17.2. The lowest BCUT2D eigenvalue weighted by atomic mass is 9.99. The summed E-state index contributed by atoms with van der Waals surface area (Å²) in [6, 6.07) is 9.06. The molecule has 40 heavy (non-hydrogen) atoms. The summed E-state index contributed by atoms with van der Waals surface area (Å²) in [5.41, 5.74) is 3.04. The molecule has 11 heteroatoms. The van der Waals surface area contributed by atoms with Gasteiger partial charge >= 0.3 is 0 Å². The summed E-state index contributed by atoms with van der Waals surface area (Å²) in [5, 5.41) is 9.97. The lowest BCUT2D eigenvalue weighted by molar-refractivity contribution is 0.0952. The van der Waals surface area contributed by atoms with Gasteiger partial charge in [0, 0.05) is 30.8 Å². The smallest absolute Gasteiger partial charge is 0.251 e. The van der Waals surface area contributed by atoms with E-state index in [0.717, 1.165) is 50.9 Å². The van der Waals surface area contributed by atoms with Gasteiger partial charge in [0.2, 0.25) is 5.95 Å². The summed E-state index contributed by atoms with van der Waals surface area (Å²) < 4.78 is 29.0. The molecular formula is C29H30ClF2N7O. The molecule has 2 aliphatic rings. The first-order valence-electron chi connectivity index (χ1n) is 13.6. The van der Waals surface area contributed by atoms with Crippen molar-refractivity contribution in [2.45, 2.75) is 38.8 Å². The molecule has 3 heterocycles. The summed E-state index contributed by atoms with van der Waals surface area (Å²) in [4.78, 5) is 26.6. The van der Waals surface area contributed by atoms with E-state index in [0.29, 0.717) is 69.6 Å². The van der Waals surface area contributed by atoms with Crippen LogP contribution in [0.25, 0.3) is 22.6 Å². The number of anilines is 1. The molecule has 4 aromatic rings. The van der Waals surface area contributed by atoms with E-state index in [1.54, 1.807) is 18.3 Å². The van der Waals surface area contributed by atoms with Crippen LogP contribution in [0.2, 0.25) is 5.02 Å². The largest absolute Gasteiger partial charge is 0.352 e. The molecule has 2 aromatic heterocycles. The number of carbonyl (C=O) groups is 1. The molecule has 2 fully saturated rings. The number of hydrogen-bond acceptors (Lipinski definition) is 6. The molecule has 1 aliphatic heterocycles. The first-order chi connectivity index (χ1) is 19.4. The van der Waals surface area contributed by atoms with Crippen LogP contribution in [0.3, 0.4) is 0 Å². The highest BCUT2D eigenvalue weighted by Crippen LogP contribution is 2.32. The van der Waals surface area contributed by atoms with Crippen LogP contribution in [0.15, 0.2) is 42.6 Å². The lowest BCUT2D eigenvalue weighted by Crippen LogP contribution is -2.32. The van der Waals surface area contributed by atoms with Crippen LogP contribution in [0.5, 0.6) is 0 Å². The zero-order valence-corrected chi connectivity index (χ0v) is 22.6. The molecule has 208 valence electrons. The number of rotatable bonds is 9. The molecule has 0 radical (unpaired) electrons. The zero-order chi connectivity index (χ0) is 27.6. The highest BCUT2D eigenvalue weighted by Gasteiger charge is 2.24. The Morgan fingerprint density at radius 2 is 1.95 bits per heavy atom. The van der Waals surface area contributed by atoms with Gasteiger partial charge in [-0.15, -0.1) is 0 Å². The standard InChI is InChI=1S/C29H30ClF2N7O/c30-22-11-20(28(40)34-13-17-3-4-17)6-7-21(22)26-37-25-15-36-29(35-14-18-5-8-23(31)24(32)10-18)38-27(25)39(26)16-19-2-1-9-33-12-19/h5-8,10-11,15,17,19,33H,1-4,9,12-14,16H2,(H,34,40)(H,35,36,38)/t19-/m1/s1. The molecule has 8 nitrogen and oxygen atoms in total. The molecule has 1 saturated heterocycles. The van der Waals surface area contributed by atoms with Crippen molar-refractivity contribution in [1.82, 2.24) is 30.2 Å². The van der Waals surface area contributed by atoms with E-state index >= 15 is 0 Å². The number of imidazole rings is 1. The van der Waals surface area contributed by atoms with Gasteiger partial charge in [-0.25, -0.2) is 18.7 Å². The molecule has 1 amide bonds. The number of carbonyl (C=O) groups excluding carboxylic acids is 1. The van der Waals surface area contributed by atoms with Gasteiger partial charge in [-0.2, -0.15) is 4.98 Å². The maximum Gasteiger partial charge on any atom is 0.251 e. The van der Waals surface area contributed by atoms with E-state index in [9.17, 15) is 13.6 Å². The minimum Gasteiger partial charge on any atom is -0.352 e. The van der Waals surface area contributed by atoms with Gasteiger partial charge in [0.05, 0.1) is 11.2 Å². The Labute approximate surface area is 235 Å². The summed E-state index contributed by atoms with van der Waals surface area (Å²) in [7, 11) is 0. The Balaban J connectivity index is 1.31. The van der Waals surface area contributed by atoms with Crippen LogP contribution in [-0.2, 0) is 13.1 Å². The molecule has 0 spiro atoms. The topological polar surface area (TPSA) is 96.8 Å². The molecule has 1 atom stereocenters. The quantitative estimate of drug-likeness (QED) is 0.259. The van der Waals surface area contributed by atoms with E-state index in [-0.39, 0.29) is 12.5 Å². The van der Waals surface area contributed by atoms with Crippen molar-refractivity contribution in [2.24, 2.45) is 11.8 Å². The highest BCUT2D eigenvalue weighted by molar-refractivity contribution is 6.33. The van der Waals surface area contributed by atoms with E-state index in [1.165, 1.54) is 6.07 Å². The fourth-order valence-electron chi connectivity index (χ4n) is 5.05. The van der Waals surface area contributed by atoms with Crippen molar-refractivity contribution in [1.29, 1.82) is 0 Å². The number of piperidine rings is 1. The monoisotopic (exact) mass is 565 g/mol. The lowest BCUT2D eigenvalue weighted by Gasteiger charge is -2.24. The van der Waals surface area contributed by atoms with Crippen molar-refractivity contribution >= 4 is 34.6 Å². The average molecular weight is 566 g/mol. The van der Waals surface area contributed by atoms with Gasteiger partial charge < -0.3 is 20.5 Å². The third-order valence-corrected chi connectivity index (χ3v) is 7.80. The Morgan fingerprint density at radius 1 is 1.07 bits per heavy atom. The summed E-state index contributed by atoms with van der Waals surface area (Å²) >= 11 is 6.75. The zero-order valence-electron chi connectivity index (χ0n) is 21.9. The summed E-state index contributed by atoms with van der Waals surface area (Å²) in [6.07, 6.45) is 6.14. The van der Waals surface area contributed by atoms with Crippen LogP contribution in [0.4, 0.5) is 14.7 Å².